The third-order valence-corrected chi connectivity index (χ3v) is 13.8. The molecule has 8 atom stereocenters. The molecule has 5 heterocycles. The van der Waals surface area contributed by atoms with Gasteiger partial charge in [0.1, 0.15) is 30.0 Å². The lowest BCUT2D eigenvalue weighted by atomic mass is 9.76. The second kappa shape index (κ2) is 15.9. The van der Waals surface area contributed by atoms with E-state index in [2.05, 4.69) is 35.0 Å². The summed E-state index contributed by atoms with van der Waals surface area (Å²) >= 11 is 1.58. The highest BCUT2D eigenvalue weighted by molar-refractivity contribution is 7.98. The van der Waals surface area contributed by atoms with Gasteiger partial charge in [0.25, 0.3) is 0 Å². The molecule has 0 spiro atoms. The van der Waals surface area contributed by atoms with Crippen LogP contribution in [0, 0.1) is 18.8 Å². The van der Waals surface area contributed by atoms with Gasteiger partial charge < -0.3 is 38.3 Å². The van der Waals surface area contributed by atoms with Gasteiger partial charge in [-0.3, -0.25) is 19.9 Å². The topological polar surface area (TPSA) is 137 Å². The van der Waals surface area contributed by atoms with Crippen LogP contribution in [0.1, 0.15) is 70.2 Å². The van der Waals surface area contributed by atoms with Gasteiger partial charge in [0, 0.05) is 61.2 Å². The summed E-state index contributed by atoms with van der Waals surface area (Å²) in [6, 6.07) is 0.813. The molecule has 0 radical (unpaired) electrons. The number of esters is 2. The van der Waals surface area contributed by atoms with Crippen molar-refractivity contribution in [3.8, 4) is 11.5 Å². The number of carbonyl (C=O) groups is 2. The van der Waals surface area contributed by atoms with Crippen LogP contribution < -0.4 is 14.8 Å². The Morgan fingerprint density at radius 3 is 2.53 bits per heavy atom. The Bertz CT molecular complexity index is 1940. The molecular formula is C43H59N3O10S. The van der Waals surface area contributed by atoms with Crippen molar-refractivity contribution in [2.75, 3.05) is 66.9 Å². The van der Waals surface area contributed by atoms with E-state index in [9.17, 15) is 9.90 Å². The minimum Gasteiger partial charge on any atom is -0.501 e. The maximum Gasteiger partial charge on any atom is 0.331 e. The highest BCUT2D eigenvalue weighted by Gasteiger charge is 2.59. The molecule has 2 aliphatic carbocycles. The summed E-state index contributed by atoms with van der Waals surface area (Å²) < 4.78 is 42.8. The lowest BCUT2D eigenvalue weighted by Crippen LogP contribution is -2.71. The summed E-state index contributed by atoms with van der Waals surface area (Å²) in [5.74, 6) is 2.35. The third kappa shape index (κ3) is 6.77. The molecule has 0 saturated carbocycles. The molecule has 1 aromatic rings. The van der Waals surface area contributed by atoms with E-state index in [0.29, 0.717) is 47.4 Å². The largest absolute Gasteiger partial charge is 0.501 e. The average molecular weight is 810 g/mol. The number of fused-ring (bicyclic) bond motifs is 3. The molecule has 14 heteroatoms. The van der Waals surface area contributed by atoms with Crippen molar-refractivity contribution >= 4 is 23.7 Å². The van der Waals surface area contributed by atoms with E-state index in [0.717, 1.165) is 46.4 Å². The fourth-order valence-electron chi connectivity index (χ4n) is 10.9. The number of piperazine rings is 1. The molecular weight excluding hydrogens is 751 g/mol. The van der Waals surface area contributed by atoms with E-state index in [-0.39, 0.29) is 37.8 Å². The van der Waals surface area contributed by atoms with Crippen LogP contribution in [0.3, 0.4) is 0 Å². The monoisotopic (exact) mass is 809 g/mol. The minimum absolute atomic E-state index is 0.0121. The molecule has 312 valence electrons. The molecule has 2 fully saturated rings. The van der Waals surface area contributed by atoms with Gasteiger partial charge >= 0.3 is 11.9 Å². The SMILES string of the molecule is COC1=CC2=C(CCN[C@@]2(CSC)C(=O)OCC(C2C(C)=C(OC(C)=O)C(C)=C3OCOC32)N2C(C)[C@H]3c4c(cc(C)c(OC)c4OC)C[C@]2(O)CN3C)CC1C. The number of nitrogens with one attached hydrogen (secondary N) is 1. The summed E-state index contributed by atoms with van der Waals surface area (Å²) in [6.45, 7) is 12.2. The molecule has 2 N–H and O–H groups in total. The van der Waals surface area contributed by atoms with E-state index in [1.54, 1.807) is 33.1 Å². The first-order valence-electron chi connectivity index (χ1n) is 19.9. The molecule has 0 amide bonds. The van der Waals surface area contributed by atoms with E-state index in [1.165, 1.54) is 12.5 Å². The van der Waals surface area contributed by atoms with E-state index in [4.69, 9.17) is 33.2 Å². The van der Waals surface area contributed by atoms with Crippen LogP contribution in [0.2, 0.25) is 0 Å². The number of methoxy groups -OCH3 is 3. The zero-order chi connectivity index (χ0) is 41.1. The van der Waals surface area contributed by atoms with Crippen molar-refractivity contribution in [1.29, 1.82) is 0 Å². The maximum absolute atomic E-state index is 15.0. The van der Waals surface area contributed by atoms with Crippen LogP contribution in [0.25, 0.3) is 0 Å². The Labute approximate surface area is 340 Å². The van der Waals surface area contributed by atoms with Gasteiger partial charge in [-0.1, -0.05) is 18.6 Å². The van der Waals surface area contributed by atoms with Crippen LogP contribution in [0.5, 0.6) is 11.5 Å². The molecule has 5 aliphatic heterocycles. The maximum atomic E-state index is 15.0. The quantitative estimate of drug-likeness (QED) is 0.293. The molecule has 57 heavy (non-hydrogen) atoms. The number of hydrogen-bond acceptors (Lipinski definition) is 14. The van der Waals surface area contributed by atoms with Crippen LogP contribution in [-0.2, 0) is 39.7 Å². The van der Waals surface area contributed by atoms with Gasteiger partial charge in [0.15, 0.2) is 23.8 Å². The Morgan fingerprint density at radius 1 is 1.12 bits per heavy atom. The first-order valence-corrected chi connectivity index (χ1v) is 21.2. The zero-order valence-electron chi connectivity index (χ0n) is 35.2. The Hall–Kier alpha value is -3.53. The number of rotatable bonds is 11. The lowest BCUT2D eigenvalue weighted by molar-refractivity contribution is -0.215. The summed E-state index contributed by atoms with van der Waals surface area (Å²) in [5, 5.41) is 16.8. The number of hydrogen-bond donors (Lipinski definition) is 2. The van der Waals surface area contributed by atoms with E-state index in [1.807, 2.05) is 40.2 Å². The van der Waals surface area contributed by atoms with Gasteiger partial charge in [0.05, 0.1) is 39.2 Å². The predicted molar refractivity (Wildman–Crippen MR) is 215 cm³/mol. The molecule has 2 bridgehead atoms. The first kappa shape index (κ1) is 41.6. The number of thioether (sulfide) groups is 1. The Morgan fingerprint density at radius 2 is 1.86 bits per heavy atom. The summed E-state index contributed by atoms with van der Waals surface area (Å²) in [6.07, 6.45) is 5.35. The molecule has 1 aromatic carbocycles. The predicted octanol–water partition coefficient (Wildman–Crippen LogP) is 4.92. The normalized spacial score (nSPS) is 31.8. The van der Waals surface area contributed by atoms with Gasteiger partial charge in [-0.05, 0) is 82.2 Å². The highest BCUT2D eigenvalue weighted by Crippen LogP contribution is 2.53. The number of allylic oxidation sites excluding steroid dienone is 2. The van der Waals surface area contributed by atoms with E-state index < -0.39 is 41.3 Å². The van der Waals surface area contributed by atoms with Crippen LogP contribution in [0.15, 0.2) is 51.7 Å². The molecule has 13 nitrogen and oxygen atoms in total. The number of likely N-dealkylation sites (N-methyl/N-ethyl adjacent to an activating group) is 1. The fraction of sp³-hybridized carbons (Fsp3) is 0.628. The smallest absolute Gasteiger partial charge is 0.331 e. The Kier molecular flexibility index (Phi) is 11.6. The second-order valence-corrected chi connectivity index (χ2v) is 17.4. The Balaban J connectivity index is 1.37. The van der Waals surface area contributed by atoms with E-state index >= 15 is 4.79 Å². The van der Waals surface area contributed by atoms with Crippen LogP contribution in [0.4, 0.5) is 0 Å². The van der Waals surface area contributed by atoms with Crippen LogP contribution in [-0.4, -0.2) is 123 Å². The third-order valence-electron chi connectivity index (χ3n) is 13.1. The van der Waals surface area contributed by atoms with Crippen molar-refractivity contribution < 1.29 is 47.9 Å². The summed E-state index contributed by atoms with van der Waals surface area (Å²) in [7, 11) is 6.98. The number of benzene rings is 1. The molecule has 8 rings (SSSR count). The van der Waals surface area contributed by atoms with Crippen molar-refractivity contribution in [3.63, 3.8) is 0 Å². The number of aliphatic hydroxyl groups is 1. The van der Waals surface area contributed by atoms with Crippen molar-refractivity contribution in [3.05, 3.63) is 68.4 Å². The van der Waals surface area contributed by atoms with Crippen molar-refractivity contribution in [2.45, 2.75) is 96.3 Å². The van der Waals surface area contributed by atoms with Crippen molar-refractivity contribution in [1.82, 2.24) is 15.1 Å². The molecule has 0 aromatic heterocycles. The number of ether oxygens (including phenoxy) is 7. The average Bonchev–Trinajstić information content (AvgIpc) is 3.58. The minimum atomic E-state index is -1.44. The van der Waals surface area contributed by atoms with Gasteiger partial charge in [-0.25, -0.2) is 4.79 Å². The van der Waals surface area contributed by atoms with Crippen molar-refractivity contribution in [2.24, 2.45) is 11.8 Å². The van der Waals surface area contributed by atoms with Gasteiger partial charge in [0.2, 0.25) is 0 Å². The van der Waals surface area contributed by atoms with Gasteiger partial charge in [-0.2, -0.15) is 11.8 Å². The molecule has 2 saturated heterocycles. The number of nitrogens with zero attached hydrogens (tertiary/aromatic N) is 2. The first-order chi connectivity index (χ1) is 27.2. The lowest BCUT2D eigenvalue weighted by Gasteiger charge is -2.56. The highest BCUT2D eigenvalue weighted by atomic mass is 32.2. The number of aryl methyl sites for hydroxylation is 1. The standard InChI is InChI=1S/C43H59N3O10S/c1-22-14-28-12-13-44-43(20-57-11,30(28)16-32(22)50-8)41(48)53-18-31(33-24(3)37(56-27(6)47)25(4)38-40(33)55-21-54-38)46-26(5)35-34-29(17-42(46,49)19-45(35)7)15-23(2)36(51-9)39(34)52-10/h15-16,22,26,31,33,35,40,44,49H,12-14,17-21H2,1-11H3/t22?,26?,31?,33?,35-,40?,42-,43+/m0/s1. The second-order valence-electron chi connectivity index (χ2n) is 16.5. The summed E-state index contributed by atoms with van der Waals surface area (Å²) in [5.41, 5.74) is 3.82. The van der Waals surface area contributed by atoms with Crippen LogP contribution >= 0.6 is 11.8 Å². The zero-order valence-corrected chi connectivity index (χ0v) is 36.0. The molecule has 5 unspecified atom stereocenters. The molecule has 7 aliphatic rings. The summed E-state index contributed by atoms with van der Waals surface area (Å²) in [4.78, 5) is 31.9. The fourth-order valence-corrected chi connectivity index (χ4v) is 11.7. The number of carbonyl (C=O) groups excluding carboxylic acids is 2. The van der Waals surface area contributed by atoms with Gasteiger partial charge in [-0.15, -0.1) is 0 Å².